The van der Waals surface area contributed by atoms with Gasteiger partial charge in [0.15, 0.2) is 0 Å². The molecule has 0 atom stereocenters. The van der Waals surface area contributed by atoms with Gasteiger partial charge in [-0.15, -0.1) is 57.9 Å². The Bertz CT molecular complexity index is 1200. The van der Waals surface area contributed by atoms with E-state index >= 15 is 0 Å². The zero-order chi connectivity index (χ0) is 20.6. The monoisotopic (exact) mass is 538 g/mol. The van der Waals surface area contributed by atoms with Crippen molar-refractivity contribution in [3.8, 4) is 11.1 Å². The van der Waals surface area contributed by atoms with Gasteiger partial charge >= 0.3 is 41.9 Å². The molecule has 4 heteroatoms. The average Bonchev–Trinajstić information content (AvgIpc) is 3.38. The summed E-state index contributed by atoms with van der Waals surface area (Å²) in [5, 5.41) is 5.38. The quantitative estimate of drug-likeness (QED) is 0.225. The first-order valence-electron chi connectivity index (χ1n) is 9.89. The topological polar surface area (TPSA) is 0 Å². The van der Waals surface area contributed by atoms with E-state index < -0.39 is 0 Å². The van der Waals surface area contributed by atoms with Crippen molar-refractivity contribution >= 4 is 27.0 Å². The molecule has 0 heterocycles. The van der Waals surface area contributed by atoms with E-state index in [9.17, 15) is 0 Å². The van der Waals surface area contributed by atoms with E-state index in [4.69, 9.17) is 0 Å². The summed E-state index contributed by atoms with van der Waals surface area (Å²) in [4.78, 5) is 0. The largest absolute Gasteiger partial charge is 1.00 e. The molecule has 0 aliphatic rings. The molecule has 0 saturated carbocycles. The Morgan fingerprint density at radius 3 is 1.74 bits per heavy atom. The Labute approximate surface area is 213 Å². The van der Waals surface area contributed by atoms with Crippen molar-refractivity contribution in [2.24, 2.45) is 0 Å². The van der Waals surface area contributed by atoms with Gasteiger partial charge in [0.2, 0.25) is 0 Å². The zero-order valence-corrected chi connectivity index (χ0v) is 23.0. The van der Waals surface area contributed by atoms with E-state index in [0.717, 1.165) is 0 Å². The van der Waals surface area contributed by atoms with E-state index in [1.54, 1.807) is 23.3 Å². The summed E-state index contributed by atoms with van der Waals surface area (Å²) in [6.07, 6.45) is 0. The van der Waals surface area contributed by atoms with Gasteiger partial charge in [0.05, 0.1) is 0 Å². The fourth-order valence-electron chi connectivity index (χ4n) is 3.36. The number of rotatable bonds is 1. The number of aryl methyl sites for hydroxylation is 1. The molecule has 0 N–H and O–H groups in total. The predicted octanol–water partition coefficient (Wildman–Crippen LogP) is 1.89. The summed E-state index contributed by atoms with van der Waals surface area (Å²) in [6, 6.07) is 36.2. The smallest absolute Gasteiger partial charge is 0.0279 e. The molecule has 0 nitrogen and oxygen atoms in total. The SMILES string of the molecule is C[Si](C)=[Zr+2].Cc1cccc2[cH-]ccc12.[Cl-].[Cl-].c1ccc(-c2cccc3[cH-]ccc23)cc1. The molecule has 0 aromatic heterocycles. The fourth-order valence-corrected chi connectivity index (χ4v) is 3.36. The number of halogens is 2. The maximum Gasteiger partial charge on any atom is -0.0279 e. The first-order valence-corrected chi connectivity index (χ1v) is 16.1. The Hall–Kier alpha value is -1.44. The van der Waals surface area contributed by atoms with E-state index in [0.29, 0.717) is 0 Å². The minimum Gasteiger partial charge on any atom is -1.00 e. The Balaban J connectivity index is 0.000000263. The third kappa shape index (κ3) is 7.88. The van der Waals surface area contributed by atoms with Crippen molar-refractivity contribution < 1.29 is 48.1 Å². The second kappa shape index (κ2) is 13.9. The van der Waals surface area contributed by atoms with Crippen molar-refractivity contribution in [2.75, 3.05) is 0 Å². The molecule has 0 spiro atoms. The van der Waals surface area contributed by atoms with E-state index in [1.807, 2.05) is 0 Å². The van der Waals surface area contributed by atoms with E-state index in [-0.39, 0.29) is 30.2 Å². The normalized spacial score (nSPS) is 9.45. The van der Waals surface area contributed by atoms with Crippen LogP contribution in [0.4, 0.5) is 0 Å². The molecule has 0 aliphatic heterocycles. The number of fused-ring (bicyclic) bond motifs is 2. The first-order chi connectivity index (χ1) is 14.1. The van der Waals surface area contributed by atoms with Crippen LogP contribution in [0.25, 0.3) is 32.7 Å². The third-order valence-corrected chi connectivity index (χ3v) is 4.66. The standard InChI is InChI=1S/C15H11.C10H9.C2H6Si.2ClH.Zr/c1-2-6-12(7-3-1)14-10-4-8-13-9-5-11-15(13)14;1-8-4-2-5-9-6-3-7-10(8)9;1-3-2;;;/h1-11H;2-7H,1H3;1-2H3;2*1H;/q2*-1;;;;+2/p-2. The molecule has 31 heavy (non-hydrogen) atoms. The van der Waals surface area contributed by atoms with Gasteiger partial charge in [0.25, 0.3) is 0 Å². The summed E-state index contributed by atoms with van der Waals surface area (Å²) in [5.74, 6) is 0. The van der Waals surface area contributed by atoms with Crippen molar-refractivity contribution in [2.45, 2.75) is 20.0 Å². The van der Waals surface area contributed by atoms with Crippen LogP contribution in [0.2, 0.25) is 13.1 Å². The molecule has 0 unspecified atom stereocenters. The summed E-state index contributed by atoms with van der Waals surface area (Å²) < 4.78 is 0. The minimum atomic E-state index is 0. The molecular formula is C27H26Cl2SiZr-2. The Morgan fingerprint density at radius 1 is 0.645 bits per heavy atom. The second-order valence-corrected chi connectivity index (χ2v) is 16.7. The molecule has 0 radical (unpaired) electrons. The number of hydrogen-bond donors (Lipinski definition) is 0. The molecule has 158 valence electrons. The van der Waals surface area contributed by atoms with Crippen molar-refractivity contribution in [1.29, 1.82) is 0 Å². The van der Waals surface area contributed by atoms with Gasteiger partial charge in [0, 0.05) is 0 Å². The van der Waals surface area contributed by atoms with Crippen LogP contribution in [0.5, 0.6) is 0 Å². The molecule has 0 bridgehead atoms. The maximum absolute atomic E-state index is 2.31. The predicted molar refractivity (Wildman–Crippen MR) is 127 cm³/mol. The van der Waals surface area contributed by atoms with Crippen molar-refractivity contribution in [3.05, 3.63) is 109 Å². The van der Waals surface area contributed by atoms with Crippen LogP contribution in [-0.4, -0.2) is 5.43 Å². The maximum atomic E-state index is 2.31. The molecule has 0 aliphatic carbocycles. The molecule has 5 aromatic carbocycles. The summed E-state index contributed by atoms with van der Waals surface area (Å²) in [7, 11) is 0. The fraction of sp³-hybridized carbons (Fsp3) is 0.111. The van der Waals surface area contributed by atoms with Crippen LogP contribution >= 0.6 is 0 Å². The van der Waals surface area contributed by atoms with Gasteiger partial charge in [-0.2, -0.15) is 24.3 Å². The summed E-state index contributed by atoms with van der Waals surface area (Å²) in [6.45, 7) is 6.76. The third-order valence-electron chi connectivity index (χ3n) is 4.66. The van der Waals surface area contributed by atoms with Crippen LogP contribution in [0.3, 0.4) is 0 Å². The molecule has 5 aromatic rings. The Kier molecular flexibility index (Phi) is 12.3. The van der Waals surface area contributed by atoms with Crippen LogP contribution in [-0.2, 0) is 23.3 Å². The molecule has 0 fully saturated rings. The molecule has 0 saturated heterocycles. The first kappa shape index (κ1) is 27.6. The second-order valence-electron chi connectivity index (χ2n) is 7.30. The number of benzene rings is 3. The van der Waals surface area contributed by atoms with Gasteiger partial charge in [-0.1, -0.05) is 53.6 Å². The van der Waals surface area contributed by atoms with Crippen molar-refractivity contribution in [3.63, 3.8) is 0 Å². The van der Waals surface area contributed by atoms with Crippen LogP contribution in [0.1, 0.15) is 5.56 Å². The van der Waals surface area contributed by atoms with Gasteiger partial charge < -0.3 is 24.8 Å². The molecule has 5 rings (SSSR count). The summed E-state index contributed by atoms with van der Waals surface area (Å²) in [5.41, 5.74) is 4.18. The Morgan fingerprint density at radius 2 is 1.16 bits per heavy atom. The molecule has 0 amide bonds. The average molecular weight is 541 g/mol. The van der Waals surface area contributed by atoms with Crippen LogP contribution < -0.4 is 24.8 Å². The van der Waals surface area contributed by atoms with Gasteiger partial charge in [-0.05, 0) is 12.5 Å². The van der Waals surface area contributed by atoms with Crippen LogP contribution in [0.15, 0.2) is 103 Å². The van der Waals surface area contributed by atoms with Gasteiger partial charge in [-0.3, -0.25) is 0 Å². The minimum absolute atomic E-state index is 0. The van der Waals surface area contributed by atoms with Gasteiger partial charge in [-0.25, -0.2) is 0 Å². The number of hydrogen-bond acceptors (Lipinski definition) is 0. The van der Waals surface area contributed by atoms with E-state index in [1.165, 1.54) is 38.2 Å². The van der Waals surface area contributed by atoms with Crippen molar-refractivity contribution in [1.82, 2.24) is 0 Å². The van der Waals surface area contributed by atoms with Gasteiger partial charge in [0.1, 0.15) is 0 Å². The summed E-state index contributed by atoms with van der Waals surface area (Å²) >= 11 is 1.74. The van der Waals surface area contributed by atoms with E-state index in [2.05, 4.69) is 123 Å². The van der Waals surface area contributed by atoms with Crippen LogP contribution in [0, 0.1) is 6.92 Å². The molecular weight excluding hydrogens is 515 g/mol. The zero-order valence-electron chi connectivity index (χ0n) is 18.1.